The highest BCUT2D eigenvalue weighted by Gasteiger charge is 2.24. The minimum Gasteiger partial charge on any atom is -0.260 e. The van der Waals surface area contributed by atoms with Crippen LogP contribution in [-0.4, -0.2) is 34.1 Å². The highest BCUT2D eigenvalue weighted by atomic mass is 15.3. The van der Waals surface area contributed by atoms with Crippen molar-refractivity contribution < 1.29 is 0 Å². The number of hydrogen-bond acceptors (Lipinski definition) is 5. The van der Waals surface area contributed by atoms with Crippen molar-refractivity contribution in [1.29, 1.82) is 0 Å². The Balaban J connectivity index is 1.23. The van der Waals surface area contributed by atoms with Gasteiger partial charge in [-0.05, 0) is 75.3 Å². The lowest BCUT2D eigenvalue weighted by molar-refractivity contribution is 0.781. The molecule has 0 N–H and O–H groups in total. The van der Waals surface area contributed by atoms with Crippen molar-refractivity contribution in [3.05, 3.63) is 169 Å². The average Bonchev–Trinajstić information content (AvgIpc) is 3.84. The summed E-state index contributed by atoms with van der Waals surface area (Å²) in [6.07, 6.45) is 5.64. The van der Waals surface area contributed by atoms with Crippen molar-refractivity contribution in [3.8, 4) is 46.1 Å². The Labute approximate surface area is 317 Å². The lowest BCUT2D eigenvalue weighted by Crippen LogP contribution is -2.12. The van der Waals surface area contributed by atoms with Gasteiger partial charge in [0.15, 0.2) is 5.82 Å². The maximum atomic E-state index is 5.31. The summed E-state index contributed by atoms with van der Waals surface area (Å²) in [5.74, 6) is 3.44. The van der Waals surface area contributed by atoms with Gasteiger partial charge in [0, 0.05) is 16.7 Å². The SMILES string of the molecule is CC1CC=Cc2c1c1ccccc1c1cc(-c3nc(-n4c(-c5ccccc5)nc5ccccc54)nc(-n4c(-c5ccccc5)nc5ccccc54)n3)ccc21. The van der Waals surface area contributed by atoms with Crippen LogP contribution in [0.2, 0.25) is 0 Å². The third kappa shape index (κ3) is 5.01. The number of aromatic nitrogens is 7. The molecule has 55 heavy (non-hydrogen) atoms. The molecular weight excluding hydrogens is 675 g/mol. The summed E-state index contributed by atoms with van der Waals surface area (Å²) in [6, 6.07) is 52.1. The molecule has 7 aromatic carbocycles. The molecule has 0 amide bonds. The largest absolute Gasteiger partial charge is 0.260 e. The monoisotopic (exact) mass is 707 g/mol. The Morgan fingerprint density at radius 3 is 1.64 bits per heavy atom. The lowest BCUT2D eigenvalue weighted by atomic mass is 9.81. The van der Waals surface area contributed by atoms with E-state index in [0.717, 1.165) is 56.8 Å². The van der Waals surface area contributed by atoms with Gasteiger partial charge in [0.25, 0.3) is 0 Å². The predicted molar refractivity (Wildman–Crippen MR) is 222 cm³/mol. The quantitative estimate of drug-likeness (QED) is 0.167. The molecule has 0 saturated heterocycles. The second-order valence-corrected chi connectivity index (χ2v) is 14.2. The maximum absolute atomic E-state index is 5.31. The van der Waals surface area contributed by atoms with E-state index in [1.54, 1.807) is 0 Å². The zero-order valence-corrected chi connectivity index (χ0v) is 30.0. The maximum Gasteiger partial charge on any atom is 0.241 e. The van der Waals surface area contributed by atoms with Crippen molar-refractivity contribution in [2.24, 2.45) is 0 Å². The fourth-order valence-electron chi connectivity index (χ4n) is 8.30. The first-order valence-electron chi connectivity index (χ1n) is 18.7. The van der Waals surface area contributed by atoms with E-state index in [1.807, 2.05) is 72.8 Å². The Hall–Kier alpha value is -7.25. The van der Waals surface area contributed by atoms with Crippen LogP contribution in [0.15, 0.2) is 158 Å². The van der Waals surface area contributed by atoms with Crippen LogP contribution in [0.4, 0.5) is 0 Å². The molecule has 7 nitrogen and oxygen atoms in total. The summed E-state index contributed by atoms with van der Waals surface area (Å²) in [5, 5.41) is 4.93. The van der Waals surface area contributed by atoms with Gasteiger partial charge in [-0.1, -0.05) is 140 Å². The number of nitrogens with zero attached hydrogens (tertiary/aromatic N) is 7. The lowest BCUT2D eigenvalue weighted by Gasteiger charge is -2.23. The summed E-state index contributed by atoms with van der Waals surface area (Å²) in [7, 11) is 0. The zero-order valence-electron chi connectivity index (χ0n) is 30.0. The van der Waals surface area contributed by atoms with Crippen LogP contribution in [0, 0.1) is 0 Å². The van der Waals surface area contributed by atoms with Gasteiger partial charge >= 0.3 is 0 Å². The molecule has 10 aromatic rings. The summed E-state index contributed by atoms with van der Waals surface area (Å²) in [4.78, 5) is 26.2. The highest BCUT2D eigenvalue weighted by molar-refractivity contribution is 6.14. The van der Waals surface area contributed by atoms with Crippen LogP contribution in [-0.2, 0) is 0 Å². The zero-order chi connectivity index (χ0) is 36.5. The number of imidazole rings is 2. The Bertz CT molecular complexity index is 3000. The molecule has 260 valence electrons. The van der Waals surface area contributed by atoms with Gasteiger partial charge in [-0.15, -0.1) is 0 Å². The first kappa shape index (κ1) is 31.3. The molecule has 0 spiro atoms. The molecule has 3 heterocycles. The summed E-state index contributed by atoms with van der Waals surface area (Å²) >= 11 is 0. The smallest absolute Gasteiger partial charge is 0.241 e. The van der Waals surface area contributed by atoms with E-state index in [4.69, 9.17) is 24.9 Å². The van der Waals surface area contributed by atoms with Crippen LogP contribution < -0.4 is 0 Å². The van der Waals surface area contributed by atoms with Crippen molar-refractivity contribution in [2.75, 3.05) is 0 Å². The minimum absolute atomic E-state index is 0.440. The molecule has 0 bridgehead atoms. The number of rotatable bonds is 5. The van der Waals surface area contributed by atoms with Gasteiger partial charge in [0.2, 0.25) is 11.9 Å². The van der Waals surface area contributed by atoms with Crippen LogP contribution in [0.25, 0.3) is 95.7 Å². The molecule has 0 radical (unpaired) electrons. The van der Waals surface area contributed by atoms with E-state index in [-0.39, 0.29) is 0 Å². The summed E-state index contributed by atoms with van der Waals surface area (Å²) in [5.41, 5.74) is 9.05. The van der Waals surface area contributed by atoms with Crippen molar-refractivity contribution in [3.63, 3.8) is 0 Å². The number of benzene rings is 7. The molecule has 0 saturated carbocycles. The van der Waals surface area contributed by atoms with Crippen molar-refractivity contribution in [2.45, 2.75) is 19.3 Å². The fraction of sp³-hybridized carbons (Fsp3) is 0.0625. The van der Waals surface area contributed by atoms with Crippen LogP contribution >= 0.6 is 0 Å². The average molecular weight is 708 g/mol. The number of para-hydroxylation sites is 4. The first-order chi connectivity index (χ1) is 27.2. The van der Waals surface area contributed by atoms with E-state index in [0.29, 0.717) is 23.6 Å². The van der Waals surface area contributed by atoms with E-state index in [2.05, 4.69) is 107 Å². The van der Waals surface area contributed by atoms with Gasteiger partial charge in [0.05, 0.1) is 22.1 Å². The van der Waals surface area contributed by atoms with Crippen molar-refractivity contribution >= 4 is 49.7 Å². The molecule has 1 aliphatic carbocycles. The van der Waals surface area contributed by atoms with E-state index in [9.17, 15) is 0 Å². The van der Waals surface area contributed by atoms with Crippen LogP contribution in [0.1, 0.15) is 30.4 Å². The van der Waals surface area contributed by atoms with Gasteiger partial charge in [-0.25, -0.2) is 9.97 Å². The third-order valence-corrected chi connectivity index (χ3v) is 10.8. The number of hydrogen-bond donors (Lipinski definition) is 0. The third-order valence-electron chi connectivity index (χ3n) is 10.8. The van der Waals surface area contributed by atoms with Gasteiger partial charge in [-0.2, -0.15) is 15.0 Å². The van der Waals surface area contributed by atoms with Crippen molar-refractivity contribution in [1.82, 2.24) is 34.1 Å². The van der Waals surface area contributed by atoms with E-state index in [1.165, 1.54) is 32.7 Å². The molecule has 1 unspecified atom stereocenters. The van der Waals surface area contributed by atoms with Gasteiger partial charge < -0.3 is 0 Å². The first-order valence-corrected chi connectivity index (χ1v) is 18.7. The van der Waals surface area contributed by atoms with Crippen LogP contribution in [0.5, 0.6) is 0 Å². The fourth-order valence-corrected chi connectivity index (χ4v) is 8.30. The molecule has 0 fully saturated rings. The topological polar surface area (TPSA) is 74.3 Å². The molecule has 11 rings (SSSR count). The number of fused-ring (bicyclic) bond motifs is 8. The molecule has 3 aromatic heterocycles. The normalized spacial score (nSPS) is 13.9. The van der Waals surface area contributed by atoms with Crippen LogP contribution in [0.3, 0.4) is 0 Å². The summed E-state index contributed by atoms with van der Waals surface area (Å²) < 4.78 is 4.11. The Morgan fingerprint density at radius 1 is 0.473 bits per heavy atom. The second kappa shape index (κ2) is 12.4. The predicted octanol–water partition coefficient (Wildman–Crippen LogP) is 11.4. The molecule has 1 aliphatic rings. The Kier molecular flexibility index (Phi) is 7.07. The molecule has 0 aliphatic heterocycles. The van der Waals surface area contributed by atoms with Gasteiger partial charge in [-0.3, -0.25) is 9.13 Å². The summed E-state index contributed by atoms with van der Waals surface area (Å²) in [6.45, 7) is 2.33. The van der Waals surface area contributed by atoms with Gasteiger partial charge in [0.1, 0.15) is 11.6 Å². The minimum atomic E-state index is 0.440. The highest BCUT2D eigenvalue weighted by Crippen LogP contribution is 2.42. The second-order valence-electron chi connectivity index (χ2n) is 14.2. The molecular formula is C48H33N7. The van der Waals surface area contributed by atoms with E-state index >= 15 is 0 Å². The molecule has 7 heteroatoms. The standard InChI is InChI=1S/C48H33N7/c1-30-15-14-22-37-35-28-27-33(29-38(35)34-20-8-9-21-36(34)43(30)37)44-51-47(54-41-25-12-10-23-39(41)49-45(54)31-16-4-2-5-17-31)53-48(52-44)55-42-26-13-11-24-40(42)50-46(55)32-18-6-3-7-19-32/h2-14,16-30H,15H2,1H3. The molecule has 1 atom stereocenters. The van der Waals surface area contributed by atoms with E-state index < -0.39 is 0 Å². The Morgan fingerprint density at radius 2 is 1.02 bits per heavy atom. The number of allylic oxidation sites excluding steroid dienone is 1.